The molecule has 1 aliphatic rings. The predicted octanol–water partition coefficient (Wildman–Crippen LogP) is 2.61. The van der Waals surface area contributed by atoms with Crippen molar-refractivity contribution in [1.82, 2.24) is 9.88 Å². The van der Waals surface area contributed by atoms with Crippen LogP contribution in [0.2, 0.25) is 0 Å². The summed E-state index contributed by atoms with van der Waals surface area (Å²) in [6.45, 7) is 6.00. The van der Waals surface area contributed by atoms with Crippen molar-refractivity contribution in [3.05, 3.63) is 36.0 Å². The number of likely N-dealkylation sites (tertiary alicyclic amines) is 1. The first-order valence-electron chi connectivity index (χ1n) is 7.05. The van der Waals surface area contributed by atoms with Crippen LogP contribution in [0, 0.1) is 0 Å². The normalized spacial score (nSPS) is 17.6. The molecule has 1 fully saturated rings. The van der Waals surface area contributed by atoms with Crippen molar-refractivity contribution in [3.63, 3.8) is 0 Å². The number of nitrogens with one attached hydrogen (secondary N) is 1. The third-order valence-electron chi connectivity index (χ3n) is 3.65. The van der Waals surface area contributed by atoms with Gasteiger partial charge in [0.15, 0.2) is 0 Å². The average molecular weight is 288 g/mol. The zero-order valence-electron chi connectivity index (χ0n) is 12.5. The van der Waals surface area contributed by atoms with Crippen LogP contribution in [0.15, 0.2) is 30.5 Å². The van der Waals surface area contributed by atoms with Crippen LogP contribution in [0.4, 0.5) is 4.79 Å². The van der Waals surface area contributed by atoms with E-state index in [2.05, 4.69) is 4.98 Å². The maximum absolute atomic E-state index is 11.9. The molecule has 0 aliphatic carbocycles. The molecule has 0 saturated carbocycles. The molecule has 1 saturated heterocycles. The van der Waals surface area contributed by atoms with E-state index in [9.17, 15) is 9.90 Å². The highest BCUT2D eigenvalue weighted by Gasteiger charge is 2.47. The number of carbonyl (C=O) groups is 1. The molecule has 1 aromatic heterocycles. The number of aromatic nitrogens is 1. The topological polar surface area (TPSA) is 65.6 Å². The van der Waals surface area contributed by atoms with Crippen LogP contribution in [0.5, 0.6) is 0 Å². The predicted molar refractivity (Wildman–Crippen MR) is 80.0 cm³/mol. The van der Waals surface area contributed by atoms with E-state index >= 15 is 0 Å². The lowest BCUT2D eigenvalue weighted by atomic mass is 9.86. The third-order valence-corrected chi connectivity index (χ3v) is 3.65. The van der Waals surface area contributed by atoms with Crippen molar-refractivity contribution in [3.8, 4) is 0 Å². The van der Waals surface area contributed by atoms with Gasteiger partial charge in [-0.15, -0.1) is 0 Å². The molecule has 21 heavy (non-hydrogen) atoms. The molecule has 3 rings (SSSR count). The number of hydrogen-bond acceptors (Lipinski definition) is 3. The summed E-state index contributed by atoms with van der Waals surface area (Å²) in [5.41, 5.74) is 0.289. The van der Waals surface area contributed by atoms with Crippen molar-refractivity contribution >= 4 is 17.0 Å². The number of hydrogen-bond donors (Lipinski definition) is 2. The number of β-amino-alcohol motifs (C(OH)–C–C–N with tert-alkyl or cyclic N) is 1. The minimum Gasteiger partial charge on any atom is -0.444 e. The van der Waals surface area contributed by atoms with Crippen molar-refractivity contribution in [1.29, 1.82) is 0 Å². The molecule has 0 spiro atoms. The van der Waals surface area contributed by atoms with Gasteiger partial charge in [0.2, 0.25) is 0 Å². The van der Waals surface area contributed by atoms with Gasteiger partial charge in [0.25, 0.3) is 0 Å². The number of aliphatic hydroxyl groups is 1. The number of fused-ring (bicyclic) bond motifs is 1. The second-order valence-electron chi connectivity index (χ2n) is 6.62. The number of amides is 1. The molecule has 112 valence electrons. The zero-order valence-corrected chi connectivity index (χ0v) is 12.5. The van der Waals surface area contributed by atoms with Gasteiger partial charge in [-0.3, -0.25) is 0 Å². The Labute approximate surface area is 123 Å². The Morgan fingerprint density at radius 2 is 2.00 bits per heavy atom. The second kappa shape index (κ2) is 4.49. The Hall–Kier alpha value is -2.01. The summed E-state index contributed by atoms with van der Waals surface area (Å²) in [5.74, 6) is 0. The Balaban J connectivity index is 1.76. The molecule has 2 aromatic rings. The number of nitrogens with zero attached hydrogens (tertiary/aromatic N) is 1. The minimum absolute atomic E-state index is 0.254. The number of H-pyrrole nitrogens is 1. The van der Waals surface area contributed by atoms with Gasteiger partial charge in [-0.1, -0.05) is 18.2 Å². The summed E-state index contributed by atoms with van der Waals surface area (Å²) in [6.07, 6.45) is 1.43. The molecule has 2 heterocycles. The van der Waals surface area contributed by atoms with E-state index in [0.29, 0.717) is 0 Å². The van der Waals surface area contributed by atoms with Gasteiger partial charge in [-0.05, 0) is 26.8 Å². The molecule has 5 heteroatoms. The molecule has 1 amide bonds. The molecular formula is C16H20N2O3. The summed E-state index contributed by atoms with van der Waals surface area (Å²) >= 11 is 0. The maximum Gasteiger partial charge on any atom is 0.410 e. The summed E-state index contributed by atoms with van der Waals surface area (Å²) < 4.78 is 5.31. The highest BCUT2D eigenvalue weighted by Crippen LogP contribution is 2.36. The first kappa shape index (κ1) is 13.9. The van der Waals surface area contributed by atoms with E-state index in [1.165, 1.54) is 4.90 Å². The van der Waals surface area contributed by atoms with E-state index in [-0.39, 0.29) is 19.2 Å². The van der Waals surface area contributed by atoms with Crippen molar-refractivity contribution < 1.29 is 14.6 Å². The van der Waals surface area contributed by atoms with Crippen LogP contribution < -0.4 is 0 Å². The van der Waals surface area contributed by atoms with Crippen LogP contribution >= 0.6 is 0 Å². The Morgan fingerprint density at radius 3 is 2.67 bits per heavy atom. The lowest BCUT2D eigenvalue weighted by Gasteiger charge is -2.46. The standard InChI is InChI=1S/C16H20N2O3/c1-15(2,3)21-14(19)18-9-16(20,10-18)12-8-17-13-7-5-4-6-11(12)13/h4-8,17,20H,9-10H2,1-3H3. The van der Waals surface area contributed by atoms with E-state index in [4.69, 9.17) is 4.74 Å². The number of para-hydroxylation sites is 1. The monoisotopic (exact) mass is 288 g/mol. The summed E-state index contributed by atoms with van der Waals surface area (Å²) in [5, 5.41) is 11.7. The average Bonchev–Trinajstić information content (AvgIpc) is 2.77. The molecule has 2 N–H and O–H groups in total. The first-order chi connectivity index (χ1) is 9.78. The van der Waals surface area contributed by atoms with Crippen LogP contribution in [-0.2, 0) is 10.3 Å². The number of ether oxygens (including phenoxy) is 1. The van der Waals surface area contributed by atoms with Gasteiger partial charge in [-0.25, -0.2) is 4.79 Å². The Kier molecular flexibility index (Phi) is 2.99. The molecule has 0 bridgehead atoms. The van der Waals surface area contributed by atoms with E-state index in [1.54, 1.807) is 0 Å². The molecule has 1 aromatic carbocycles. The van der Waals surface area contributed by atoms with Crippen LogP contribution in [0.25, 0.3) is 10.9 Å². The molecule has 0 atom stereocenters. The highest BCUT2D eigenvalue weighted by molar-refractivity contribution is 5.84. The van der Waals surface area contributed by atoms with Gasteiger partial charge in [-0.2, -0.15) is 0 Å². The van der Waals surface area contributed by atoms with Crippen LogP contribution in [0.3, 0.4) is 0 Å². The summed E-state index contributed by atoms with van der Waals surface area (Å²) in [7, 11) is 0. The summed E-state index contributed by atoms with van der Waals surface area (Å²) in [4.78, 5) is 16.6. The lowest BCUT2D eigenvalue weighted by Crippen LogP contribution is -2.61. The van der Waals surface area contributed by atoms with Crippen molar-refractivity contribution in [2.45, 2.75) is 32.0 Å². The molecule has 0 radical (unpaired) electrons. The number of aromatic amines is 1. The van der Waals surface area contributed by atoms with Gasteiger partial charge in [0.05, 0.1) is 13.1 Å². The van der Waals surface area contributed by atoms with Gasteiger partial charge in [0.1, 0.15) is 11.2 Å². The zero-order chi connectivity index (χ0) is 15.3. The maximum atomic E-state index is 11.9. The van der Waals surface area contributed by atoms with E-state index in [0.717, 1.165) is 16.5 Å². The molecule has 1 aliphatic heterocycles. The van der Waals surface area contributed by atoms with Crippen LogP contribution in [-0.4, -0.2) is 39.8 Å². The number of rotatable bonds is 1. The van der Waals surface area contributed by atoms with Gasteiger partial charge >= 0.3 is 6.09 Å². The third kappa shape index (κ3) is 2.49. The van der Waals surface area contributed by atoms with Crippen LogP contribution in [0.1, 0.15) is 26.3 Å². The highest BCUT2D eigenvalue weighted by atomic mass is 16.6. The fourth-order valence-corrected chi connectivity index (χ4v) is 2.67. The number of benzene rings is 1. The second-order valence-corrected chi connectivity index (χ2v) is 6.62. The van der Waals surface area contributed by atoms with E-state index < -0.39 is 11.2 Å². The minimum atomic E-state index is -1.00. The molecular weight excluding hydrogens is 268 g/mol. The first-order valence-corrected chi connectivity index (χ1v) is 7.05. The number of carbonyl (C=O) groups excluding carboxylic acids is 1. The fraction of sp³-hybridized carbons (Fsp3) is 0.438. The van der Waals surface area contributed by atoms with Crippen molar-refractivity contribution in [2.24, 2.45) is 0 Å². The molecule has 5 nitrogen and oxygen atoms in total. The Bertz CT molecular complexity index is 678. The molecule has 0 unspecified atom stereocenters. The largest absolute Gasteiger partial charge is 0.444 e. The lowest BCUT2D eigenvalue weighted by molar-refractivity contribution is -0.102. The smallest absolute Gasteiger partial charge is 0.410 e. The van der Waals surface area contributed by atoms with Gasteiger partial charge < -0.3 is 19.7 Å². The fourth-order valence-electron chi connectivity index (χ4n) is 2.67. The van der Waals surface area contributed by atoms with Gasteiger partial charge in [0, 0.05) is 22.7 Å². The quantitative estimate of drug-likeness (QED) is 0.847. The summed E-state index contributed by atoms with van der Waals surface area (Å²) in [6, 6.07) is 7.82. The van der Waals surface area contributed by atoms with Crippen molar-refractivity contribution in [2.75, 3.05) is 13.1 Å². The van der Waals surface area contributed by atoms with E-state index in [1.807, 2.05) is 51.2 Å². The SMILES string of the molecule is CC(C)(C)OC(=O)N1CC(O)(c2c[nH]c3ccccc23)C1. The Morgan fingerprint density at radius 1 is 1.33 bits per heavy atom.